The van der Waals surface area contributed by atoms with Crippen molar-refractivity contribution in [2.75, 3.05) is 7.11 Å². The molecule has 4 nitrogen and oxygen atoms in total. The van der Waals surface area contributed by atoms with Crippen molar-refractivity contribution in [3.05, 3.63) is 29.7 Å². The molecule has 0 unspecified atom stereocenters. The Morgan fingerprint density at radius 2 is 2.11 bits per heavy atom. The molecular formula is C10H12B3FN2O2. The summed E-state index contributed by atoms with van der Waals surface area (Å²) < 4.78 is 19.7. The van der Waals surface area contributed by atoms with Crippen LogP contribution in [0.25, 0.3) is 10.9 Å². The predicted octanol–water partition coefficient (Wildman–Crippen LogP) is -1.57. The fourth-order valence-corrected chi connectivity index (χ4v) is 1.85. The summed E-state index contributed by atoms with van der Waals surface area (Å²) in [6.45, 7) is 0. The molecule has 0 bridgehead atoms. The van der Waals surface area contributed by atoms with E-state index in [2.05, 4.69) is 5.10 Å². The van der Waals surface area contributed by atoms with Crippen LogP contribution in [-0.4, -0.2) is 46.4 Å². The summed E-state index contributed by atoms with van der Waals surface area (Å²) in [5, 5.41) is 4.49. The zero-order valence-electron chi connectivity index (χ0n) is 10.8. The number of rotatable bonds is 2. The van der Waals surface area contributed by atoms with Crippen molar-refractivity contribution in [2.24, 2.45) is 0 Å². The third-order valence-electron chi connectivity index (χ3n) is 2.66. The zero-order chi connectivity index (χ0) is 13.5. The van der Waals surface area contributed by atoms with Gasteiger partial charge in [-0.25, -0.2) is 9.18 Å². The van der Waals surface area contributed by atoms with E-state index >= 15 is 0 Å². The zero-order valence-corrected chi connectivity index (χ0v) is 10.8. The molecule has 1 aromatic carbocycles. The summed E-state index contributed by atoms with van der Waals surface area (Å²) in [7, 11) is 7.11. The SMILES string of the molecule is BC(B)(B)n1nc(C(=O)OC)c2ccc(F)cc21. The molecule has 18 heavy (non-hydrogen) atoms. The number of carbonyl (C=O) groups excluding carboxylic acids is 1. The van der Waals surface area contributed by atoms with Crippen LogP contribution in [0.15, 0.2) is 18.2 Å². The Morgan fingerprint density at radius 3 is 2.67 bits per heavy atom. The lowest BCUT2D eigenvalue weighted by Gasteiger charge is -2.20. The minimum atomic E-state index is -0.519. The Balaban J connectivity index is 2.79. The Bertz CT molecular complexity index is 621. The van der Waals surface area contributed by atoms with Gasteiger partial charge in [-0.15, -0.1) is 0 Å². The van der Waals surface area contributed by atoms with Gasteiger partial charge in [-0.1, -0.05) is 0 Å². The quantitative estimate of drug-likeness (QED) is 0.473. The first-order chi connectivity index (χ1) is 8.34. The number of aromatic nitrogens is 2. The molecule has 0 aliphatic heterocycles. The van der Waals surface area contributed by atoms with E-state index in [0.717, 1.165) is 0 Å². The van der Waals surface area contributed by atoms with E-state index in [1.165, 1.54) is 19.2 Å². The van der Waals surface area contributed by atoms with Crippen LogP contribution < -0.4 is 0 Å². The maximum atomic E-state index is 13.3. The molecule has 0 spiro atoms. The van der Waals surface area contributed by atoms with Crippen molar-refractivity contribution in [1.29, 1.82) is 0 Å². The van der Waals surface area contributed by atoms with E-state index in [1.54, 1.807) is 10.7 Å². The van der Waals surface area contributed by atoms with Crippen LogP contribution in [0.5, 0.6) is 0 Å². The van der Waals surface area contributed by atoms with Gasteiger partial charge >= 0.3 is 5.97 Å². The third kappa shape index (κ3) is 2.02. The van der Waals surface area contributed by atoms with Crippen molar-refractivity contribution >= 4 is 40.4 Å². The molecule has 2 rings (SSSR count). The number of fused-ring (bicyclic) bond motifs is 1. The number of ether oxygens (including phenoxy) is 1. The number of esters is 1. The number of nitrogens with zero attached hydrogens (tertiary/aromatic N) is 2. The molecule has 8 heteroatoms. The van der Waals surface area contributed by atoms with Crippen molar-refractivity contribution in [1.82, 2.24) is 9.78 Å². The van der Waals surface area contributed by atoms with E-state index in [4.69, 9.17) is 4.74 Å². The fraction of sp³-hybridized carbons (Fsp3) is 0.200. The van der Waals surface area contributed by atoms with Crippen molar-refractivity contribution in [3.8, 4) is 0 Å². The summed E-state index contributed by atoms with van der Waals surface area (Å²) in [4.78, 5) is 11.7. The van der Waals surface area contributed by atoms with E-state index < -0.39 is 5.97 Å². The molecule has 0 radical (unpaired) electrons. The first-order valence-corrected chi connectivity index (χ1v) is 5.61. The lowest BCUT2D eigenvalue weighted by Crippen LogP contribution is -2.36. The molecule has 0 saturated carbocycles. The molecule has 0 saturated heterocycles. The molecule has 2 aromatic rings. The number of benzene rings is 1. The monoisotopic (exact) mass is 244 g/mol. The minimum Gasteiger partial charge on any atom is -0.464 e. The second-order valence-corrected chi connectivity index (χ2v) is 5.08. The van der Waals surface area contributed by atoms with E-state index in [1.807, 2.05) is 23.5 Å². The molecule has 1 heterocycles. The summed E-state index contributed by atoms with van der Waals surface area (Å²) in [6, 6.07) is 4.23. The second kappa shape index (κ2) is 4.19. The maximum Gasteiger partial charge on any atom is 0.359 e. The normalized spacial score (nSPS) is 11.7. The summed E-state index contributed by atoms with van der Waals surface area (Å²) in [5.41, 5.74) is 0.797. The molecule has 0 aliphatic rings. The van der Waals surface area contributed by atoms with E-state index in [-0.39, 0.29) is 16.7 Å². The van der Waals surface area contributed by atoms with Crippen LogP contribution in [0.1, 0.15) is 10.5 Å². The van der Waals surface area contributed by atoms with Gasteiger partial charge in [0.05, 0.1) is 12.6 Å². The first kappa shape index (κ1) is 12.7. The molecule has 0 aliphatic carbocycles. The van der Waals surface area contributed by atoms with Crippen molar-refractivity contribution in [2.45, 2.75) is 5.24 Å². The Hall–Kier alpha value is -1.72. The summed E-state index contributed by atoms with van der Waals surface area (Å²) in [5.74, 6) is -0.876. The number of methoxy groups -OCH3 is 1. The fourth-order valence-electron chi connectivity index (χ4n) is 1.85. The lowest BCUT2D eigenvalue weighted by molar-refractivity contribution is 0.0595. The van der Waals surface area contributed by atoms with Gasteiger partial charge in [0.25, 0.3) is 0 Å². The predicted molar refractivity (Wildman–Crippen MR) is 74.6 cm³/mol. The van der Waals surface area contributed by atoms with Crippen LogP contribution in [0.2, 0.25) is 0 Å². The minimum absolute atomic E-state index is 0.211. The average Bonchev–Trinajstić information content (AvgIpc) is 2.66. The van der Waals surface area contributed by atoms with Gasteiger partial charge in [-0.05, 0) is 23.4 Å². The van der Waals surface area contributed by atoms with Crippen molar-refractivity contribution in [3.63, 3.8) is 0 Å². The molecule has 0 amide bonds. The van der Waals surface area contributed by atoms with Crippen LogP contribution in [0.3, 0.4) is 0 Å². The van der Waals surface area contributed by atoms with Gasteiger partial charge in [0.2, 0.25) is 0 Å². The summed E-state index contributed by atoms with van der Waals surface area (Å²) >= 11 is 0. The van der Waals surface area contributed by atoms with Gasteiger partial charge in [-0.2, -0.15) is 5.10 Å². The van der Waals surface area contributed by atoms with Crippen LogP contribution in [-0.2, 0) is 9.97 Å². The van der Waals surface area contributed by atoms with Gasteiger partial charge in [-0.3, -0.25) is 4.68 Å². The third-order valence-corrected chi connectivity index (χ3v) is 2.66. The Labute approximate surface area is 107 Å². The van der Waals surface area contributed by atoms with Crippen LogP contribution in [0.4, 0.5) is 4.39 Å². The highest BCUT2D eigenvalue weighted by atomic mass is 19.1. The van der Waals surface area contributed by atoms with Crippen molar-refractivity contribution < 1.29 is 13.9 Å². The van der Waals surface area contributed by atoms with Crippen LogP contribution >= 0.6 is 0 Å². The number of hydrogen-bond donors (Lipinski definition) is 0. The smallest absolute Gasteiger partial charge is 0.359 e. The number of carbonyl (C=O) groups is 1. The molecule has 90 valence electrons. The molecule has 0 fully saturated rings. The standard InChI is InChI=1S/C10H12B3FN2O2/c1-18-9(17)8-6-3-2-5(14)4-7(6)16(15-8)10(11,12)13/h2-4H,11-13H2,1H3. The van der Waals surface area contributed by atoms with Gasteiger partial charge in [0, 0.05) is 5.39 Å². The van der Waals surface area contributed by atoms with E-state index in [0.29, 0.717) is 10.9 Å². The lowest BCUT2D eigenvalue weighted by atomic mass is 9.49. The number of halogens is 1. The first-order valence-electron chi connectivity index (χ1n) is 5.61. The topological polar surface area (TPSA) is 44.1 Å². The Kier molecular flexibility index (Phi) is 2.96. The van der Waals surface area contributed by atoms with Gasteiger partial charge in [0.1, 0.15) is 29.4 Å². The maximum absolute atomic E-state index is 13.3. The summed E-state index contributed by atoms with van der Waals surface area (Å²) in [6.07, 6.45) is 0. The van der Waals surface area contributed by atoms with Gasteiger partial charge < -0.3 is 4.74 Å². The van der Waals surface area contributed by atoms with Crippen LogP contribution in [0, 0.1) is 5.82 Å². The largest absolute Gasteiger partial charge is 0.464 e. The highest BCUT2D eigenvalue weighted by molar-refractivity contribution is 6.56. The highest BCUT2D eigenvalue weighted by Crippen LogP contribution is 2.23. The second-order valence-electron chi connectivity index (χ2n) is 5.08. The molecular weight excluding hydrogens is 232 g/mol. The molecule has 0 atom stereocenters. The molecule has 0 N–H and O–H groups in total. The van der Waals surface area contributed by atoms with Gasteiger partial charge in [0.15, 0.2) is 5.69 Å². The Morgan fingerprint density at radius 1 is 1.44 bits per heavy atom. The average molecular weight is 244 g/mol. The highest BCUT2D eigenvalue weighted by Gasteiger charge is 2.24. The number of hydrogen-bond acceptors (Lipinski definition) is 3. The van der Waals surface area contributed by atoms with E-state index in [9.17, 15) is 9.18 Å². The molecule has 1 aromatic heterocycles.